The minimum Gasteiger partial charge on any atom is -0.337 e. The summed E-state index contributed by atoms with van der Waals surface area (Å²) in [7, 11) is 0. The maximum atomic E-state index is 11.9. The van der Waals surface area contributed by atoms with Gasteiger partial charge in [0.15, 0.2) is 0 Å². The molecule has 1 aliphatic carbocycles. The van der Waals surface area contributed by atoms with Gasteiger partial charge in [-0.3, -0.25) is 0 Å². The van der Waals surface area contributed by atoms with Crippen LogP contribution in [0.5, 0.6) is 0 Å². The molecule has 0 unspecified atom stereocenters. The molecule has 0 atom stereocenters. The fraction of sp³-hybridized carbons (Fsp3) is 0.235. The Morgan fingerprint density at radius 3 is 2.33 bits per heavy atom. The molecule has 1 aliphatic rings. The van der Waals surface area contributed by atoms with E-state index < -0.39 is 0 Å². The number of anilines is 1. The second kappa shape index (κ2) is 5.78. The molecule has 21 heavy (non-hydrogen) atoms. The molecule has 0 heterocycles. The SMILES string of the molecule is O=C(NCC1(c2ccc(Cl)cc2)CC1)Nc1ccccc1. The molecule has 0 aliphatic heterocycles. The van der Waals surface area contributed by atoms with Gasteiger partial charge in [0.1, 0.15) is 0 Å². The van der Waals surface area contributed by atoms with E-state index in [9.17, 15) is 4.79 Å². The molecule has 0 saturated heterocycles. The minimum absolute atomic E-state index is 0.0820. The van der Waals surface area contributed by atoms with Crippen LogP contribution in [0.15, 0.2) is 54.6 Å². The van der Waals surface area contributed by atoms with Crippen molar-refractivity contribution in [1.82, 2.24) is 5.32 Å². The Bertz CT molecular complexity index is 621. The lowest BCUT2D eigenvalue weighted by Gasteiger charge is -2.17. The molecule has 0 spiro atoms. The van der Waals surface area contributed by atoms with E-state index in [1.807, 2.05) is 54.6 Å². The van der Waals surface area contributed by atoms with Crippen molar-refractivity contribution in [3.05, 3.63) is 65.2 Å². The van der Waals surface area contributed by atoms with E-state index in [0.717, 1.165) is 23.6 Å². The lowest BCUT2D eigenvalue weighted by atomic mass is 9.96. The number of hydrogen-bond acceptors (Lipinski definition) is 1. The summed E-state index contributed by atoms with van der Waals surface area (Å²) in [4.78, 5) is 11.9. The van der Waals surface area contributed by atoms with Gasteiger partial charge in [0.25, 0.3) is 0 Å². The summed E-state index contributed by atoms with van der Waals surface area (Å²) in [6.07, 6.45) is 2.19. The molecule has 2 N–H and O–H groups in total. The Balaban J connectivity index is 1.57. The number of nitrogens with one attached hydrogen (secondary N) is 2. The molecule has 0 radical (unpaired) electrons. The molecule has 1 fully saturated rings. The number of rotatable bonds is 4. The second-order valence-electron chi connectivity index (χ2n) is 5.46. The van der Waals surface area contributed by atoms with Gasteiger partial charge in [0.05, 0.1) is 0 Å². The largest absolute Gasteiger partial charge is 0.337 e. The summed E-state index contributed by atoms with van der Waals surface area (Å²) in [6, 6.07) is 17.2. The van der Waals surface area contributed by atoms with Crippen LogP contribution in [0, 0.1) is 0 Å². The zero-order chi connectivity index (χ0) is 14.7. The van der Waals surface area contributed by atoms with Gasteiger partial charge >= 0.3 is 6.03 Å². The molecule has 0 aromatic heterocycles. The number of hydrogen-bond donors (Lipinski definition) is 2. The van der Waals surface area contributed by atoms with Gasteiger partial charge in [-0.05, 0) is 42.7 Å². The first kappa shape index (κ1) is 14.0. The summed E-state index contributed by atoms with van der Waals surface area (Å²) in [5, 5.41) is 6.54. The average Bonchev–Trinajstić information content (AvgIpc) is 3.28. The van der Waals surface area contributed by atoms with Crippen LogP contribution in [0.2, 0.25) is 5.02 Å². The van der Waals surface area contributed by atoms with Crippen LogP contribution in [-0.2, 0) is 5.41 Å². The fourth-order valence-electron chi connectivity index (χ4n) is 2.47. The Morgan fingerprint density at radius 2 is 1.71 bits per heavy atom. The standard InChI is InChI=1S/C17H17ClN2O/c18-14-8-6-13(7-9-14)17(10-11-17)12-19-16(21)20-15-4-2-1-3-5-15/h1-9H,10-12H2,(H2,19,20,21). The van der Waals surface area contributed by atoms with E-state index in [0.29, 0.717) is 6.54 Å². The van der Waals surface area contributed by atoms with Crippen LogP contribution in [0.4, 0.5) is 10.5 Å². The Morgan fingerprint density at radius 1 is 1.05 bits per heavy atom. The molecule has 3 nitrogen and oxygen atoms in total. The molecule has 3 rings (SSSR count). The van der Waals surface area contributed by atoms with Gasteiger partial charge in [-0.2, -0.15) is 0 Å². The van der Waals surface area contributed by atoms with Crippen molar-refractivity contribution in [2.75, 3.05) is 11.9 Å². The quantitative estimate of drug-likeness (QED) is 0.873. The van der Waals surface area contributed by atoms with Crippen LogP contribution >= 0.6 is 11.6 Å². The highest BCUT2D eigenvalue weighted by molar-refractivity contribution is 6.30. The highest BCUT2D eigenvalue weighted by Crippen LogP contribution is 2.47. The topological polar surface area (TPSA) is 41.1 Å². The van der Waals surface area contributed by atoms with Crippen molar-refractivity contribution in [3.63, 3.8) is 0 Å². The Hall–Kier alpha value is -2.00. The maximum absolute atomic E-state index is 11.9. The summed E-state index contributed by atoms with van der Waals surface area (Å²) in [6.45, 7) is 0.646. The number of benzene rings is 2. The first-order valence-electron chi connectivity index (χ1n) is 7.04. The molecule has 108 valence electrons. The molecule has 2 aromatic rings. The number of urea groups is 1. The normalized spacial score (nSPS) is 15.3. The average molecular weight is 301 g/mol. The lowest BCUT2D eigenvalue weighted by molar-refractivity contribution is 0.251. The molecular weight excluding hydrogens is 284 g/mol. The number of halogens is 1. The second-order valence-corrected chi connectivity index (χ2v) is 5.90. The van der Waals surface area contributed by atoms with Crippen molar-refractivity contribution in [3.8, 4) is 0 Å². The lowest BCUT2D eigenvalue weighted by Crippen LogP contribution is -2.35. The highest BCUT2D eigenvalue weighted by Gasteiger charge is 2.44. The predicted octanol–water partition coefficient (Wildman–Crippen LogP) is 4.19. The van der Waals surface area contributed by atoms with Crippen LogP contribution in [-0.4, -0.2) is 12.6 Å². The van der Waals surface area contributed by atoms with E-state index >= 15 is 0 Å². The maximum Gasteiger partial charge on any atom is 0.319 e. The minimum atomic E-state index is -0.165. The van der Waals surface area contributed by atoms with Gasteiger partial charge in [-0.25, -0.2) is 4.79 Å². The van der Waals surface area contributed by atoms with Crippen molar-refractivity contribution < 1.29 is 4.79 Å². The summed E-state index contributed by atoms with van der Waals surface area (Å²) in [5.41, 5.74) is 2.12. The van der Waals surface area contributed by atoms with E-state index in [1.54, 1.807) is 0 Å². The molecule has 1 saturated carbocycles. The third-order valence-electron chi connectivity index (χ3n) is 3.93. The number of carbonyl (C=O) groups excluding carboxylic acids is 1. The van der Waals surface area contributed by atoms with Crippen molar-refractivity contribution in [1.29, 1.82) is 0 Å². The van der Waals surface area contributed by atoms with Crippen LogP contribution < -0.4 is 10.6 Å². The van der Waals surface area contributed by atoms with Gasteiger partial charge in [-0.15, -0.1) is 0 Å². The van der Waals surface area contributed by atoms with E-state index in [-0.39, 0.29) is 11.4 Å². The molecule has 4 heteroatoms. The van der Waals surface area contributed by atoms with Gasteiger partial charge in [-0.1, -0.05) is 41.9 Å². The Labute approximate surface area is 129 Å². The van der Waals surface area contributed by atoms with Crippen molar-refractivity contribution in [2.45, 2.75) is 18.3 Å². The van der Waals surface area contributed by atoms with Gasteiger partial charge < -0.3 is 10.6 Å². The zero-order valence-electron chi connectivity index (χ0n) is 11.6. The monoisotopic (exact) mass is 300 g/mol. The fourth-order valence-corrected chi connectivity index (χ4v) is 2.59. The summed E-state index contributed by atoms with van der Waals surface area (Å²) < 4.78 is 0. The van der Waals surface area contributed by atoms with E-state index in [2.05, 4.69) is 10.6 Å². The predicted molar refractivity (Wildman–Crippen MR) is 85.8 cm³/mol. The van der Waals surface area contributed by atoms with Crippen molar-refractivity contribution in [2.24, 2.45) is 0 Å². The van der Waals surface area contributed by atoms with Crippen LogP contribution in [0.25, 0.3) is 0 Å². The highest BCUT2D eigenvalue weighted by atomic mass is 35.5. The number of amides is 2. The molecule has 0 bridgehead atoms. The number of carbonyl (C=O) groups is 1. The third-order valence-corrected chi connectivity index (χ3v) is 4.18. The smallest absolute Gasteiger partial charge is 0.319 e. The van der Waals surface area contributed by atoms with E-state index in [1.165, 1.54) is 5.56 Å². The van der Waals surface area contributed by atoms with Crippen LogP contribution in [0.1, 0.15) is 18.4 Å². The molecule has 2 amide bonds. The first-order valence-corrected chi connectivity index (χ1v) is 7.42. The molecular formula is C17H17ClN2O. The number of para-hydroxylation sites is 1. The van der Waals surface area contributed by atoms with Gasteiger partial charge in [0.2, 0.25) is 0 Å². The van der Waals surface area contributed by atoms with Crippen LogP contribution in [0.3, 0.4) is 0 Å². The zero-order valence-corrected chi connectivity index (χ0v) is 12.4. The third kappa shape index (κ3) is 3.37. The summed E-state index contributed by atoms with van der Waals surface area (Å²) in [5.74, 6) is 0. The van der Waals surface area contributed by atoms with Crippen molar-refractivity contribution >= 4 is 23.3 Å². The van der Waals surface area contributed by atoms with E-state index in [4.69, 9.17) is 11.6 Å². The molecule has 2 aromatic carbocycles. The van der Waals surface area contributed by atoms with Gasteiger partial charge in [0, 0.05) is 22.7 Å². The first-order chi connectivity index (χ1) is 10.2. The Kier molecular flexibility index (Phi) is 3.84. The summed E-state index contributed by atoms with van der Waals surface area (Å²) >= 11 is 5.92.